The summed E-state index contributed by atoms with van der Waals surface area (Å²) in [5.74, 6) is 0.497. The Labute approximate surface area is 142 Å². The Morgan fingerprint density at radius 1 is 1.30 bits per heavy atom. The average Bonchev–Trinajstić information content (AvgIpc) is 2.88. The van der Waals surface area contributed by atoms with Gasteiger partial charge in [-0.05, 0) is 41.7 Å². The van der Waals surface area contributed by atoms with E-state index in [-0.39, 0.29) is 30.0 Å². The van der Waals surface area contributed by atoms with Crippen molar-refractivity contribution >= 4 is 17.5 Å². The van der Waals surface area contributed by atoms with Crippen LogP contribution in [0.5, 0.6) is 0 Å². The fourth-order valence-corrected chi connectivity index (χ4v) is 5.02. The largest absolute Gasteiger partial charge is 0.359 e. The number of Topliss-reactive ketones (excluding diaryl/α,β-unsaturated/α-hetero) is 1. The molecule has 0 heterocycles. The van der Waals surface area contributed by atoms with Crippen LogP contribution in [0.3, 0.4) is 0 Å². The van der Waals surface area contributed by atoms with Crippen LogP contribution in [0, 0.1) is 16.7 Å². The van der Waals surface area contributed by atoms with E-state index in [1.165, 1.54) is 4.90 Å². The smallest absolute Gasteiger partial charge is 0.172 e. The van der Waals surface area contributed by atoms with Gasteiger partial charge in [0.05, 0.1) is 5.41 Å². The number of methoxy groups -OCH3 is 1. The quantitative estimate of drug-likeness (QED) is 0.575. The maximum atomic E-state index is 13.0. The van der Waals surface area contributed by atoms with E-state index in [1.54, 1.807) is 18.9 Å². The monoisotopic (exact) mass is 332 g/mol. The van der Waals surface area contributed by atoms with Crippen LogP contribution in [-0.2, 0) is 14.3 Å². The van der Waals surface area contributed by atoms with E-state index < -0.39 is 5.41 Å². The SMILES string of the molecule is COCO[C@H]1C(=O)[C@@]2(/C=C\Sc3ccccc3)CC[C@H]1C2(C)C. The zero-order chi connectivity index (χ0) is 16.5. The van der Waals surface area contributed by atoms with Gasteiger partial charge in [-0.15, -0.1) is 0 Å². The van der Waals surface area contributed by atoms with Gasteiger partial charge in [-0.2, -0.15) is 0 Å². The van der Waals surface area contributed by atoms with Gasteiger partial charge in [-0.1, -0.05) is 49.9 Å². The predicted molar refractivity (Wildman–Crippen MR) is 92.1 cm³/mol. The molecular formula is C19H24O3S. The molecule has 4 heteroatoms. The lowest BCUT2D eigenvalue weighted by atomic mass is 9.69. The first-order valence-electron chi connectivity index (χ1n) is 8.07. The van der Waals surface area contributed by atoms with Crippen LogP contribution in [0.25, 0.3) is 0 Å². The van der Waals surface area contributed by atoms with E-state index >= 15 is 0 Å². The molecule has 2 saturated carbocycles. The van der Waals surface area contributed by atoms with Gasteiger partial charge < -0.3 is 9.47 Å². The summed E-state index contributed by atoms with van der Waals surface area (Å²) < 4.78 is 10.7. The molecule has 2 aliphatic carbocycles. The van der Waals surface area contributed by atoms with Crippen LogP contribution >= 0.6 is 11.8 Å². The fraction of sp³-hybridized carbons (Fsp3) is 0.526. The molecule has 0 N–H and O–H groups in total. The van der Waals surface area contributed by atoms with Crippen LogP contribution in [0.4, 0.5) is 0 Å². The lowest BCUT2D eigenvalue weighted by molar-refractivity contribution is -0.146. The molecular weight excluding hydrogens is 308 g/mol. The van der Waals surface area contributed by atoms with Crippen LogP contribution in [-0.4, -0.2) is 25.8 Å². The van der Waals surface area contributed by atoms with Crippen molar-refractivity contribution in [3.8, 4) is 0 Å². The molecule has 0 aromatic heterocycles. The predicted octanol–water partition coefficient (Wildman–Crippen LogP) is 4.29. The van der Waals surface area contributed by atoms with Gasteiger partial charge in [0, 0.05) is 12.0 Å². The van der Waals surface area contributed by atoms with Crippen molar-refractivity contribution in [3.63, 3.8) is 0 Å². The molecule has 1 aromatic rings. The van der Waals surface area contributed by atoms with Crippen molar-refractivity contribution in [1.29, 1.82) is 0 Å². The number of thioether (sulfide) groups is 1. The van der Waals surface area contributed by atoms with Gasteiger partial charge >= 0.3 is 0 Å². The Morgan fingerprint density at radius 3 is 2.74 bits per heavy atom. The van der Waals surface area contributed by atoms with Crippen molar-refractivity contribution in [2.45, 2.75) is 37.7 Å². The van der Waals surface area contributed by atoms with Gasteiger partial charge in [0.1, 0.15) is 12.9 Å². The van der Waals surface area contributed by atoms with E-state index in [0.29, 0.717) is 0 Å². The topological polar surface area (TPSA) is 35.5 Å². The van der Waals surface area contributed by atoms with E-state index in [1.807, 2.05) is 18.2 Å². The molecule has 3 atom stereocenters. The van der Waals surface area contributed by atoms with Crippen molar-refractivity contribution in [3.05, 3.63) is 41.8 Å². The standard InChI is InChI=1S/C19H24O3S/c1-18(2)15-9-10-19(18,17(20)16(15)22-13-21-3)11-12-23-14-7-5-4-6-8-14/h4-8,11-12,15-16H,9-10,13H2,1-3H3/b12-11-/t15-,16-,19+/m1/s1. The molecule has 0 unspecified atom stereocenters. The summed E-state index contributed by atoms with van der Waals surface area (Å²) in [6, 6.07) is 10.2. The fourth-order valence-electron chi connectivity index (χ4n) is 4.25. The van der Waals surface area contributed by atoms with E-state index in [4.69, 9.17) is 9.47 Å². The van der Waals surface area contributed by atoms with Crippen molar-refractivity contribution in [2.24, 2.45) is 16.7 Å². The molecule has 0 spiro atoms. The van der Waals surface area contributed by atoms with Crippen molar-refractivity contribution in [2.75, 3.05) is 13.9 Å². The first-order valence-corrected chi connectivity index (χ1v) is 8.95. The molecule has 0 aliphatic heterocycles. The van der Waals surface area contributed by atoms with Gasteiger partial charge in [0.15, 0.2) is 5.78 Å². The summed E-state index contributed by atoms with van der Waals surface area (Å²) in [6.45, 7) is 4.59. The number of hydrogen-bond donors (Lipinski definition) is 0. The third kappa shape index (κ3) is 2.67. The molecule has 2 bridgehead atoms. The number of ketones is 1. The number of fused-ring (bicyclic) bond motifs is 2. The number of carbonyl (C=O) groups excluding carboxylic acids is 1. The number of hydrogen-bond acceptors (Lipinski definition) is 4. The molecule has 2 fully saturated rings. The summed E-state index contributed by atoms with van der Waals surface area (Å²) in [4.78, 5) is 14.2. The molecule has 0 saturated heterocycles. The maximum absolute atomic E-state index is 13.0. The summed E-state index contributed by atoms with van der Waals surface area (Å²) in [7, 11) is 1.59. The van der Waals surface area contributed by atoms with Gasteiger partial charge in [0.25, 0.3) is 0 Å². The zero-order valence-corrected chi connectivity index (χ0v) is 14.8. The highest BCUT2D eigenvalue weighted by Gasteiger charge is 2.68. The third-order valence-electron chi connectivity index (χ3n) is 5.66. The third-order valence-corrected chi connectivity index (χ3v) is 6.47. The van der Waals surface area contributed by atoms with Crippen molar-refractivity contribution < 1.29 is 14.3 Å². The second-order valence-electron chi connectivity index (χ2n) is 6.93. The highest BCUT2D eigenvalue weighted by atomic mass is 32.2. The normalized spacial score (nSPS) is 32.0. The Hall–Kier alpha value is -1.10. The van der Waals surface area contributed by atoms with Crippen molar-refractivity contribution in [1.82, 2.24) is 0 Å². The molecule has 0 radical (unpaired) electrons. The molecule has 3 nitrogen and oxygen atoms in total. The van der Waals surface area contributed by atoms with Crippen LogP contribution in [0.2, 0.25) is 0 Å². The van der Waals surface area contributed by atoms with Gasteiger partial charge in [0.2, 0.25) is 0 Å². The summed E-state index contributed by atoms with van der Waals surface area (Å²) in [6.07, 6.45) is 3.75. The van der Waals surface area contributed by atoms with Gasteiger partial charge in [-0.25, -0.2) is 0 Å². The maximum Gasteiger partial charge on any atom is 0.172 e. The highest BCUT2D eigenvalue weighted by Crippen LogP contribution is 2.65. The van der Waals surface area contributed by atoms with E-state index in [9.17, 15) is 4.79 Å². The Balaban J connectivity index is 1.80. The van der Waals surface area contributed by atoms with E-state index in [0.717, 1.165) is 12.8 Å². The second kappa shape index (κ2) is 6.42. The van der Waals surface area contributed by atoms with Gasteiger partial charge in [-0.3, -0.25) is 4.79 Å². The number of rotatable bonds is 6. The molecule has 124 valence electrons. The lowest BCUT2D eigenvalue weighted by Crippen LogP contribution is -2.37. The first-order chi connectivity index (χ1) is 11.0. The molecule has 1 aromatic carbocycles. The number of allylic oxidation sites excluding steroid dienone is 1. The summed E-state index contributed by atoms with van der Waals surface area (Å²) >= 11 is 1.66. The minimum Gasteiger partial charge on any atom is -0.359 e. The Bertz CT molecular complexity index is 596. The zero-order valence-electron chi connectivity index (χ0n) is 14.0. The lowest BCUT2D eigenvalue weighted by Gasteiger charge is -2.33. The second-order valence-corrected chi connectivity index (χ2v) is 7.91. The van der Waals surface area contributed by atoms with Crippen LogP contribution < -0.4 is 0 Å². The van der Waals surface area contributed by atoms with Crippen LogP contribution in [0.15, 0.2) is 46.7 Å². The van der Waals surface area contributed by atoms with Crippen LogP contribution in [0.1, 0.15) is 26.7 Å². The molecule has 23 heavy (non-hydrogen) atoms. The summed E-state index contributed by atoms with van der Waals surface area (Å²) in [5.41, 5.74) is -0.478. The minimum atomic E-state index is -0.405. The molecule has 2 aliphatic rings. The first kappa shape index (κ1) is 16.7. The number of carbonyl (C=O) groups is 1. The minimum absolute atomic E-state index is 0.0732. The number of ether oxygens (including phenoxy) is 2. The van der Waals surface area contributed by atoms with E-state index in [2.05, 4.69) is 37.5 Å². The summed E-state index contributed by atoms with van der Waals surface area (Å²) in [5, 5.41) is 2.08. The Kier molecular flexibility index (Phi) is 4.68. The number of benzene rings is 1. The Morgan fingerprint density at radius 2 is 2.04 bits per heavy atom. The molecule has 0 amide bonds. The highest BCUT2D eigenvalue weighted by molar-refractivity contribution is 8.02. The molecule has 3 rings (SSSR count). The average molecular weight is 332 g/mol.